The molecule has 0 fully saturated rings. The minimum atomic E-state index is 0.0855. The van der Waals surface area contributed by atoms with Gasteiger partial charge in [0.25, 0.3) is 0 Å². The fourth-order valence-corrected chi connectivity index (χ4v) is 1.92. The molecular weight excluding hydrogens is 224 g/mol. The zero-order valence-electron chi connectivity index (χ0n) is 10.0. The second-order valence-electron chi connectivity index (χ2n) is 4.18. The Bertz CT molecular complexity index is 342. The predicted octanol–water partition coefficient (Wildman–Crippen LogP) is 1.78. The highest BCUT2D eigenvalue weighted by Crippen LogP contribution is 2.23. The molecule has 90 valence electrons. The Morgan fingerprint density at radius 2 is 2.12 bits per heavy atom. The van der Waals surface area contributed by atoms with E-state index in [4.69, 9.17) is 22.1 Å². The summed E-state index contributed by atoms with van der Waals surface area (Å²) in [6.45, 7) is 0.843. The van der Waals surface area contributed by atoms with Crippen molar-refractivity contribution in [3.05, 3.63) is 28.8 Å². The summed E-state index contributed by atoms with van der Waals surface area (Å²) in [6.07, 6.45) is 0.766. The minimum absolute atomic E-state index is 0.0855. The number of methoxy groups -OCH3 is 1. The third kappa shape index (κ3) is 4.00. The quantitative estimate of drug-likeness (QED) is 0.856. The molecule has 4 heteroatoms. The molecule has 0 saturated carbocycles. The van der Waals surface area contributed by atoms with Crippen molar-refractivity contribution in [1.29, 1.82) is 0 Å². The monoisotopic (exact) mass is 242 g/mol. The van der Waals surface area contributed by atoms with Gasteiger partial charge < -0.3 is 15.4 Å². The van der Waals surface area contributed by atoms with E-state index < -0.39 is 0 Å². The number of ether oxygens (including phenoxy) is 1. The van der Waals surface area contributed by atoms with Crippen LogP contribution in [0.15, 0.2) is 18.2 Å². The molecular formula is C12H19ClN2O. The van der Waals surface area contributed by atoms with Crippen LogP contribution in [0.2, 0.25) is 5.02 Å². The molecule has 0 spiro atoms. The van der Waals surface area contributed by atoms with E-state index in [-0.39, 0.29) is 6.04 Å². The average molecular weight is 243 g/mol. The molecule has 16 heavy (non-hydrogen) atoms. The topological polar surface area (TPSA) is 38.5 Å². The van der Waals surface area contributed by atoms with Gasteiger partial charge in [0.2, 0.25) is 0 Å². The van der Waals surface area contributed by atoms with Gasteiger partial charge in [-0.05, 0) is 44.3 Å². The molecule has 0 aromatic heterocycles. The summed E-state index contributed by atoms with van der Waals surface area (Å²) in [7, 11) is 5.67. The zero-order chi connectivity index (χ0) is 12.1. The second-order valence-corrected chi connectivity index (χ2v) is 4.62. The van der Waals surface area contributed by atoms with E-state index in [0.717, 1.165) is 24.3 Å². The third-order valence-corrected chi connectivity index (χ3v) is 2.56. The molecule has 0 aliphatic rings. The average Bonchev–Trinajstić information content (AvgIpc) is 2.16. The van der Waals surface area contributed by atoms with Gasteiger partial charge in [0.1, 0.15) is 5.75 Å². The Hall–Kier alpha value is -0.770. The third-order valence-electron chi connectivity index (χ3n) is 2.32. The molecule has 0 radical (unpaired) electrons. The molecule has 1 rings (SSSR count). The Morgan fingerprint density at radius 1 is 1.44 bits per heavy atom. The molecule has 3 nitrogen and oxygen atoms in total. The molecule has 0 aliphatic heterocycles. The number of hydrogen-bond acceptors (Lipinski definition) is 3. The van der Waals surface area contributed by atoms with E-state index >= 15 is 0 Å². The van der Waals surface area contributed by atoms with Crippen LogP contribution in [0.1, 0.15) is 5.56 Å². The lowest BCUT2D eigenvalue weighted by Gasteiger charge is -2.18. The highest BCUT2D eigenvalue weighted by molar-refractivity contribution is 6.30. The first-order valence-corrected chi connectivity index (χ1v) is 5.63. The van der Waals surface area contributed by atoms with Crippen LogP contribution in [0.25, 0.3) is 0 Å². The summed E-state index contributed by atoms with van der Waals surface area (Å²) < 4.78 is 5.28. The van der Waals surface area contributed by atoms with Gasteiger partial charge in [-0.3, -0.25) is 0 Å². The van der Waals surface area contributed by atoms with Crippen LogP contribution in [-0.4, -0.2) is 38.7 Å². The van der Waals surface area contributed by atoms with Crippen LogP contribution < -0.4 is 10.5 Å². The summed E-state index contributed by atoms with van der Waals surface area (Å²) >= 11 is 5.96. The van der Waals surface area contributed by atoms with Crippen LogP contribution in [0.5, 0.6) is 5.75 Å². The molecule has 1 atom stereocenters. The smallest absolute Gasteiger partial charge is 0.122 e. The van der Waals surface area contributed by atoms with E-state index in [2.05, 4.69) is 4.90 Å². The molecule has 2 N–H and O–H groups in total. The van der Waals surface area contributed by atoms with Crippen LogP contribution in [0.3, 0.4) is 0 Å². The molecule has 0 bridgehead atoms. The van der Waals surface area contributed by atoms with Crippen LogP contribution in [0.4, 0.5) is 0 Å². The van der Waals surface area contributed by atoms with Crippen molar-refractivity contribution in [2.24, 2.45) is 5.73 Å². The number of likely N-dealkylation sites (N-methyl/N-ethyl adjacent to an activating group) is 1. The number of hydrogen-bond donors (Lipinski definition) is 1. The molecule has 0 aliphatic carbocycles. The first kappa shape index (κ1) is 13.3. The Balaban J connectivity index is 2.74. The normalized spacial score (nSPS) is 12.9. The summed E-state index contributed by atoms with van der Waals surface area (Å²) in [5, 5.41) is 0.716. The molecule has 1 unspecified atom stereocenters. The van der Waals surface area contributed by atoms with Crippen LogP contribution in [-0.2, 0) is 6.42 Å². The van der Waals surface area contributed by atoms with Gasteiger partial charge in [-0.2, -0.15) is 0 Å². The summed E-state index contributed by atoms with van der Waals surface area (Å²) in [5.41, 5.74) is 7.10. The molecule has 0 saturated heterocycles. The Morgan fingerprint density at radius 3 is 2.69 bits per heavy atom. The first-order chi connectivity index (χ1) is 7.52. The molecule has 1 aromatic rings. The number of nitrogens with zero attached hydrogens (tertiary/aromatic N) is 1. The largest absolute Gasteiger partial charge is 0.496 e. The highest BCUT2D eigenvalue weighted by atomic mass is 35.5. The van der Waals surface area contributed by atoms with Crippen molar-refractivity contribution in [2.75, 3.05) is 27.7 Å². The molecule has 0 heterocycles. The number of halogens is 1. The fraction of sp³-hybridized carbons (Fsp3) is 0.500. The first-order valence-electron chi connectivity index (χ1n) is 5.25. The van der Waals surface area contributed by atoms with Crippen LogP contribution >= 0.6 is 11.6 Å². The van der Waals surface area contributed by atoms with Gasteiger partial charge in [0.05, 0.1) is 7.11 Å². The lowest BCUT2D eigenvalue weighted by atomic mass is 10.1. The van der Waals surface area contributed by atoms with Gasteiger partial charge in [-0.1, -0.05) is 11.6 Å². The second kappa shape index (κ2) is 6.09. The lowest BCUT2D eigenvalue weighted by Crippen LogP contribution is -2.34. The van der Waals surface area contributed by atoms with Crippen molar-refractivity contribution in [3.63, 3.8) is 0 Å². The number of nitrogens with two attached hydrogens (primary N) is 1. The molecule has 1 aromatic carbocycles. The maximum Gasteiger partial charge on any atom is 0.122 e. The number of benzene rings is 1. The zero-order valence-corrected chi connectivity index (χ0v) is 10.8. The minimum Gasteiger partial charge on any atom is -0.496 e. The highest BCUT2D eigenvalue weighted by Gasteiger charge is 2.10. The standard InChI is InChI=1S/C12H19ClN2O/c1-15(2)8-11(14)7-9-6-10(13)4-5-12(9)16-3/h4-6,11H,7-8,14H2,1-3H3. The van der Waals surface area contributed by atoms with E-state index in [1.807, 2.05) is 32.3 Å². The van der Waals surface area contributed by atoms with E-state index in [1.165, 1.54) is 0 Å². The van der Waals surface area contributed by atoms with Crippen molar-refractivity contribution >= 4 is 11.6 Å². The van der Waals surface area contributed by atoms with E-state index in [1.54, 1.807) is 7.11 Å². The van der Waals surface area contributed by atoms with E-state index in [9.17, 15) is 0 Å². The van der Waals surface area contributed by atoms with Gasteiger partial charge in [0.15, 0.2) is 0 Å². The maximum atomic E-state index is 6.04. The van der Waals surface area contributed by atoms with Crippen LogP contribution in [0, 0.1) is 0 Å². The van der Waals surface area contributed by atoms with Crippen molar-refractivity contribution in [3.8, 4) is 5.75 Å². The van der Waals surface area contributed by atoms with Gasteiger partial charge in [-0.25, -0.2) is 0 Å². The summed E-state index contributed by atoms with van der Waals surface area (Å²) in [5.74, 6) is 0.846. The molecule has 0 amide bonds. The fourth-order valence-electron chi connectivity index (χ4n) is 1.72. The van der Waals surface area contributed by atoms with Gasteiger partial charge >= 0.3 is 0 Å². The van der Waals surface area contributed by atoms with Gasteiger partial charge in [-0.15, -0.1) is 0 Å². The lowest BCUT2D eigenvalue weighted by molar-refractivity contribution is 0.366. The number of rotatable bonds is 5. The maximum absolute atomic E-state index is 6.04. The van der Waals surface area contributed by atoms with Crippen molar-refractivity contribution in [1.82, 2.24) is 4.90 Å². The predicted molar refractivity (Wildman–Crippen MR) is 68.2 cm³/mol. The Labute approximate surface area is 102 Å². The van der Waals surface area contributed by atoms with Gasteiger partial charge in [0, 0.05) is 17.6 Å². The van der Waals surface area contributed by atoms with E-state index in [0.29, 0.717) is 5.02 Å². The van der Waals surface area contributed by atoms with Crippen molar-refractivity contribution < 1.29 is 4.74 Å². The summed E-state index contributed by atoms with van der Waals surface area (Å²) in [4.78, 5) is 2.07. The SMILES string of the molecule is COc1ccc(Cl)cc1CC(N)CN(C)C. The Kier molecular flexibility index (Phi) is 5.06. The summed E-state index contributed by atoms with van der Waals surface area (Å²) in [6, 6.07) is 5.69. The van der Waals surface area contributed by atoms with Crippen molar-refractivity contribution in [2.45, 2.75) is 12.5 Å².